The van der Waals surface area contributed by atoms with Crippen molar-refractivity contribution in [2.24, 2.45) is 5.92 Å². The van der Waals surface area contributed by atoms with Crippen LogP contribution in [-0.4, -0.2) is 12.1 Å². The molecule has 1 fully saturated rings. The second-order valence-electron chi connectivity index (χ2n) is 6.07. The molecule has 1 aromatic rings. The Balaban J connectivity index is 2.23. The maximum absolute atomic E-state index is 12.8. The van der Waals surface area contributed by atoms with Gasteiger partial charge in [0, 0.05) is 5.54 Å². The van der Waals surface area contributed by atoms with Crippen molar-refractivity contribution in [2.75, 3.05) is 6.54 Å². The summed E-state index contributed by atoms with van der Waals surface area (Å²) in [7, 11) is 0. The molecule has 1 heterocycles. The molecule has 1 nitrogen and oxygen atoms in total. The van der Waals surface area contributed by atoms with E-state index in [9.17, 15) is 13.2 Å². The molecule has 0 saturated carbocycles. The predicted molar refractivity (Wildman–Crippen MR) is 74.6 cm³/mol. The van der Waals surface area contributed by atoms with E-state index in [1.165, 1.54) is 12.1 Å². The normalized spacial score (nSPS) is 24.1. The Hall–Kier alpha value is -1.03. The molecule has 1 aliphatic heterocycles. The summed E-state index contributed by atoms with van der Waals surface area (Å²) < 4.78 is 38.4. The number of hydrogen-bond acceptors (Lipinski definition) is 1. The molecule has 4 heteroatoms. The average Bonchev–Trinajstić information content (AvgIpc) is 2.39. The summed E-state index contributed by atoms with van der Waals surface area (Å²) >= 11 is 0. The third-order valence-electron chi connectivity index (χ3n) is 4.41. The van der Waals surface area contributed by atoms with Crippen LogP contribution in [0.2, 0.25) is 0 Å². The van der Waals surface area contributed by atoms with Crippen molar-refractivity contribution >= 4 is 0 Å². The van der Waals surface area contributed by atoms with Crippen molar-refractivity contribution in [1.82, 2.24) is 5.32 Å². The smallest absolute Gasteiger partial charge is 0.311 e. The van der Waals surface area contributed by atoms with Gasteiger partial charge in [0.2, 0.25) is 0 Å². The van der Waals surface area contributed by atoms with Crippen molar-refractivity contribution in [3.05, 3.63) is 35.4 Å². The highest BCUT2D eigenvalue weighted by Gasteiger charge is 2.36. The van der Waals surface area contributed by atoms with Gasteiger partial charge in [0.15, 0.2) is 0 Å². The zero-order valence-electron chi connectivity index (χ0n) is 12.1. The lowest BCUT2D eigenvalue weighted by molar-refractivity contribution is -0.137. The minimum absolute atomic E-state index is 0.0670. The fraction of sp³-hybridized carbons (Fsp3) is 0.625. The Bertz CT molecular complexity index is 445. The van der Waals surface area contributed by atoms with Crippen molar-refractivity contribution in [1.29, 1.82) is 0 Å². The van der Waals surface area contributed by atoms with Gasteiger partial charge in [-0.25, -0.2) is 0 Å². The molecule has 0 aliphatic carbocycles. The lowest BCUT2D eigenvalue weighted by atomic mass is 9.75. The van der Waals surface area contributed by atoms with E-state index in [1.54, 1.807) is 6.07 Å². The van der Waals surface area contributed by atoms with Crippen LogP contribution in [0, 0.1) is 5.92 Å². The molecule has 0 aromatic heterocycles. The largest absolute Gasteiger partial charge is 0.416 e. The second-order valence-corrected chi connectivity index (χ2v) is 6.07. The second kappa shape index (κ2) is 5.76. The first-order valence-corrected chi connectivity index (χ1v) is 7.25. The summed E-state index contributed by atoms with van der Waals surface area (Å²) in [4.78, 5) is 0. The molecular weight excluding hydrogens is 263 g/mol. The Morgan fingerprint density at radius 2 is 2.00 bits per heavy atom. The first kappa shape index (κ1) is 15.4. The van der Waals surface area contributed by atoms with Crippen LogP contribution >= 0.6 is 0 Å². The Kier molecular flexibility index (Phi) is 4.43. The number of alkyl halides is 3. The fourth-order valence-corrected chi connectivity index (χ4v) is 3.06. The first-order valence-electron chi connectivity index (χ1n) is 7.25. The third kappa shape index (κ3) is 3.35. The summed E-state index contributed by atoms with van der Waals surface area (Å²) in [6, 6.07) is 5.74. The number of halogens is 3. The van der Waals surface area contributed by atoms with Crippen molar-refractivity contribution in [2.45, 2.75) is 51.2 Å². The Morgan fingerprint density at radius 3 is 2.55 bits per heavy atom. The van der Waals surface area contributed by atoms with Gasteiger partial charge in [0.05, 0.1) is 5.56 Å². The van der Waals surface area contributed by atoms with E-state index < -0.39 is 11.7 Å². The standard InChI is InChI=1S/C16H22F3N/c1-12(2)15(8-3-4-9-20-15)11-13-6-5-7-14(10-13)16(17,18)19/h5-7,10,12,20H,3-4,8-9,11H2,1-2H3. The van der Waals surface area contributed by atoms with Crippen LogP contribution in [0.15, 0.2) is 24.3 Å². The molecule has 1 N–H and O–H groups in total. The average molecular weight is 285 g/mol. The molecule has 1 atom stereocenters. The zero-order chi connectivity index (χ0) is 14.8. The topological polar surface area (TPSA) is 12.0 Å². The Labute approximate surface area is 118 Å². The monoisotopic (exact) mass is 285 g/mol. The molecule has 1 unspecified atom stereocenters. The molecule has 0 amide bonds. The lowest BCUT2D eigenvalue weighted by Gasteiger charge is -2.42. The van der Waals surface area contributed by atoms with Gasteiger partial charge >= 0.3 is 6.18 Å². The van der Waals surface area contributed by atoms with Gasteiger partial charge in [-0.3, -0.25) is 0 Å². The first-order chi connectivity index (χ1) is 9.33. The van der Waals surface area contributed by atoms with E-state index >= 15 is 0 Å². The lowest BCUT2D eigenvalue weighted by Crippen LogP contribution is -2.54. The molecule has 0 bridgehead atoms. The molecule has 1 aromatic carbocycles. The van der Waals surface area contributed by atoms with Crippen LogP contribution in [0.4, 0.5) is 13.2 Å². The number of rotatable bonds is 3. The highest BCUT2D eigenvalue weighted by atomic mass is 19.4. The highest BCUT2D eigenvalue weighted by molar-refractivity contribution is 5.27. The van der Waals surface area contributed by atoms with Gasteiger partial charge in [-0.1, -0.05) is 38.5 Å². The number of hydrogen-bond donors (Lipinski definition) is 1. The van der Waals surface area contributed by atoms with Gasteiger partial charge in [0.1, 0.15) is 0 Å². The third-order valence-corrected chi connectivity index (χ3v) is 4.41. The minimum atomic E-state index is -4.26. The van der Waals surface area contributed by atoms with Gasteiger partial charge in [-0.05, 0) is 43.4 Å². The van der Waals surface area contributed by atoms with E-state index in [0.29, 0.717) is 12.3 Å². The summed E-state index contributed by atoms with van der Waals surface area (Å²) in [5, 5.41) is 3.56. The summed E-state index contributed by atoms with van der Waals surface area (Å²) in [6.07, 6.45) is -0.280. The SMILES string of the molecule is CC(C)C1(Cc2cccc(C(F)(F)F)c2)CCCCN1. The van der Waals surface area contributed by atoms with E-state index in [0.717, 1.165) is 37.4 Å². The van der Waals surface area contributed by atoms with Crippen molar-refractivity contribution in [3.8, 4) is 0 Å². The molecule has 1 aliphatic rings. The quantitative estimate of drug-likeness (QED) is 0.867. The van der Waals surface area contributed by atoms with E-state index in [1.807, 2.05) is 0 Å². The number of piperidine rings is 1. The maximum Gasteiger partial charge on any atom is 0.416 e. The van der Waals surface area contributed by atoms with Crippen LogP contribution in [0.3, 0.4) is 0 Å². The van der Waals surface area contributed by atoms with Crippen LogP contribution in [0.25, 0.3) is 0 Å². The predicted octanol–water partition coefficient (Wildman–Crippen LogP) is 4.42. The van der Waals surface area contributed by atoms with Crippen LogP contribution in [-0.2, 0) is 12.6 Å². The molecule has 20 heavy (non-hydrogen) atoms. The fourth-order valence-electron chi connectivity index (χ4n) is 3.06. The van der Waals surface area contributed by atoms with E-state index in [4.69, 9.17) is 0 Å². The minimum Gasteiger partial charge on any atom is -0.311 e. The summed E-state index contributed by atoms with van der Waals surface area (Å²) in [6.45, 7) is 5.25. The molecule has 0 spiro atoms. The van der Waals surface area contributed by atoms with Crippen LogP contribution in [0.5, 0.6) is 0 Å². The van der Waals surface area contributed by atoms with E-state index in [2.05, 4.69) is 19.2 Å². The van der Waals surface area contributed by atoms with E-state index in [-0.39, 0.29) is 5.54 Å². The maximum atomic E-state index is 12.8. The van der Waals surface area contributed by atoms with Gasteiger partial charge in [-0.15, -0.1) is 0 Å². The molecule has 112 valence electrons. The summed E-state index contributed by atoms with van der Waals surface area (Å²) in [5.41, 5.74) is 0.148. The van der Waals surface area contributed by atoms with Crippen molar-refractivity contribution in [3.63, 3.8) is 0 Å². The summed E-state index contributed by atoms with van der Waals surface area (Å²) in [5.74, 6) is 0.400. The van der Waals surface area contributed by atoms with Crippen LogP contribution < -0.4 is 5.32 Å². The Morgan fingerprint density at radius 1 is 1.25 bits per heavy atom. The number of benzene rings is 1. The van der Waals surface area contributed by atoms with Gasteiger partial charge in [-0.2, -0.15) is 13.2 Å². The van der Waals surface area contributed by atoms with Gasteiger partial charge < -0.3 is 5.32 Å². The van der Waals surface area contributed by atoms with Crippen LogP contribution in [0.1, 0.15) is 44.2 Å². The molecule has 0 radical (unpaired) electrons. The zero-order valence-corrected chi connectivity index (χ0v) is 12.1. The highest BCUT2D eigenvalue weighted by Crippen LogP contribution is 2.33. The molecular formula is C16H22F3N. The molecule has 1 saturated heterocycles. The molecule has 2 rings (SSSR count). The number of nitrogens with one attached hydrogen (secondary N) is 1. The van der Waals surface area contributed by atoms with Crippen molar-refractivity contribution < 1.29 is 13.2 Å². The van der Waals surface area contributed by atoms with Gasteiger partial charge in [0.25, 0.3) is 0 Å².